The fourth-order valence-corrected chi connectivity index (χ4v) is 2.44. The molecule has 0 amide bonds. The summed E-state index contributed by atoms with van der Waals surface area (Å²) in [4.78, 5) is 0. The molecular weight excluding hydrogens is 245 g/mol. The van der Waals surface area contributed by atoms with Gasteiger partial charge in [0.15, 0.2) is 0 Å². The van der Waals surface area contributed by atoms with E-state index in [0.29, 0.717) is 11.3 Å². The van der Waals surface area contributed by atoms with Crippen LogP contribution in [0.4, 0.5) is 4.39 Å². The lowest BCUT2D eigenvalue weighted by Gasteiger charge is -2.26. The van der Waals surface area contributed by atoms with Crippen molar-refractivity contribution in [2.24, 2.45) is 0 Å². The summed E-state index contributed by atoms with van der Waals surface area (Å²) in [5, 5.41) is 3.35. The van der Waals surface area contributed by atoms with Gasteiger partial charge in [-0.05, 0) is 32.8 Å². The van der Waals surface area contributed by atoms with Crippen molar-refractivity contribution in [2.75, 3.05) is 20.3 Å². The third-order valence-corrected chi connectivity index (χ3v) is 3.76. The first-order valence-electron chi connectivity index (χ1n) is 6.75. The van der Waals surface area contributed by atoms with Gasteiger partial charge in [-0.1, -0.05) is 6.07 Å². The zero-order chi connectivity index (χ0) is 13.9. The maximum absolute atomic E-state index is 13.9. The van der Waals surface area contributed by atoms with Gasteiger partial charge in [-0.3, -0.25) is 0 Å². The molecule has 0 aliphatic carbocycles. The first-order valence-corrected chi connectivity index (χ1v) is 6.75. The fourth-order valence-electron chi connectivity index (χ4n) is 2.44. The second-order valence-corrected chi connectivity index (χ2v) is 5.39. The summed E-state index contributed by atoms with van der Waals surface area (Å²) in [5.41, 5.74) is 0.541. The van der Waals surface area contributed by atoms with Crippen molar-refractivity contribution < 1.29 is 13.9 Å². The maximum Gasteiger partial charge on any atom is 0.131 e. The lowest BCUT2D eigenvalue weighted by molar-refractivity contribution is 0.0190. The van der Waals surface area contributed by atoms with Crippen LogP contribution in [0.5, 0.6) is 5.75 Å². The largest absolute Gasteiger partial charge is 0.497 e. The second-order valence-electron chi connectivity index (χ2n) is 5.39. The Bertz CT molecular complexity index is 430. The summed E-state index contributed by atoms with van der Waals surface area (Å²) in [6.07, 6.45) is 2.15. The Morgan fingerprint density at radius 2 is 2.32 bits per heavy atom. The number of benzene rings is 1. The molecule has 1 saturated heterocycles. The molecule has 1 aliphatic heterocycles. The molecule has 0 spiro atoms. The van der Waals surface area contributed by atoms with Gasteiger partial charge in [0.1, 0.15) is 11.6 Å². The normalized spacial score (nSPS) is 24.4. The highest BCUT2D eigenvalue weighted by molar-refractivity contribution is 5.30. The van der Waals surface area contributed by atoms with E-state index in [-0.39, 0.29) is 17.5 Å². The average molecular weight is 267 g/mol. The molecule has 106 valence electrons. The summed E-state index contributed by atoms with van der Waals surface area (Å²) in [5.74, 6) is 0.302. The van der Waals surface area contributed by atoms with E-state index in [0.717, 1.165) is 26.0 Å². The van der Waals surface area contributed by atoms with Crippen LogP contribution in [0.15, 0.2) is 18.2 Å². The van der Waals surface area contributed by atoms with Crippen LogP contribution < -0.4 is 10.1 Å². The molecule has 3 nitrogen and oxygen atoms in total. The van der Waals surface area contributed by atoms with Gasteiger partial charge in [-0.25, -0.2) is 4.39 Å². The number of rotatable bonds is 5. The molecule has 1 aromatic carbocycles. The van der Waals surface area contributed by atoms with Crippen molar-refractivity contribution in [3.05, 3.63) is 29.6 Å². The summed E-state index contributed by atoms with van der Waals surface area (Å²) >= 11 is 0. The maximum atomic E-state index is 13.9. The van der Waals surface area contributed by atoms with Crippen molar-refractivity contribution in [1.82, 2.24) is 5.32 Å². The molecular formula is C15H22FNO2. The minimum Gasteiger partial charge on any atom is -0.497 e. The third-order valence-electron chi connectivity index (χ3n) is 3.76. The van der Waals surface area contributed by atoms with Gasteiger partial charge >= 0.3 is 0 Å². The average Bonchev–Trinajstić information content (AvgIpc) is 2.83. The van der Waals surface area contributed by atoms with Crippen molar-refractivity contribution >= 4 is 0 Å². The van der Waals surface area contributed by atoms with Crippen molar-refractivity contribution in [3.63, 3.8) is 0 Å². The zero-order valence-corrected chi connectivity index (χ0v) is 11.8. The second kappa shape index (κ2) is 5.88. The highest BCUT2D eigenvalue weighted by Crippen LogP contribution is 2.26. The quantitative estimate of drug-likeness (QED) is 0.889. The minimum atomic E-state index is -0.239. The smallest absolute Gasteiger partial charge is 0.131 e. The van der Waals surface area contributed by atoms with Crippen LogP contribution in [-0.2, 0) is 4.74 Å². The lowest BCUT2D eigenvalue weighted by atomic mass is 10.0. The van der Waals surface area contributed by atoms with Gasteiger partial charge in [0, 0.05) is 30.8 Å². The van der Waals surface area contributed by atoms with Crippen LogP contribution in [0.2, 0.25) is 0 Å². The van der Waals surface area contributed by atoms with Crippen LogP contribution >= 0.6 is 0 Å². The molecule has 4 heteroatoms. The van der Waals surface area contributed by atoms with Crippen LogP contribution in [0, 0.1) is 5.82 Å². The molecule has 1 heterocycles. The third kappa shape index (κ3) is 3.45. The summed E-state index contributed by atoms with van der Waals surface area (Å²) in [6, 6.07) is 4.92. The molecule has 2 rings (SSSR count). The molecule has 1 fully saturated rings. The van der Waals surface area contributed by atoms with Gasteiger partial charge < -0.3 is 14.8 Å². The van der Waals surface area contributed by atoms with Crippen LogP contribution in [0.25, 0.3) is 0 Å². The van der Waals surface area contributed by atoms with Gasteiger partial charge in [0.2, 0.25) is 0 Å². The van der Waals surface area contributed by atoms with E-state index in [4.69, 9.17) is 9.47 Å². The van der Waals surface area contributed by atoms with E-state index in [1.807, 2.05) is 6.92 Å². The molecule has 0 bridgehead atoms. The molecule has 2 atom stereocenters. The summed E-state index contributed by atoms with van der Waals surface area (Å²) in [6.45, 7) is 5.62. The van der Waals surface area contributed by atoms with E-state index < -0.39 is 0 Å². The number of ether oxygens (including phenoxy) is 2. The first-order chi connectivity index (χ1) is 9.04. The summed E-state index contributed by atoms with van der Waals surface area (Å²) in [7, 11) is 1.54. The number of hydrogen-bond acceptors (Lipinski definition) is 3. The predicted molar refractivity (Wildman–Crippen MR) is 73.0 cm³/mol. The topological polar surface area (TPSA) is 30.5 Å². The molecule has 0 radical (unpaired) electrons. The van der Waals surface area contributed by atoms with Crippen LogP contribution in [-0.4, -0.2) is 25.9 Å². The number of hydrogen-bond donors (Lipinski definition) is 1. The minimum absolute atomic E-state index is 0.0491. The Morgan fingerprint density at radius 1 is 1.53 bits per heavy atom. The SMILES string of the molecule is COc1ccc(C(C)NCC2(C)CCCO2)c(F)c1. The molecule has 1 aromatic rings. The molecule has 1 aliphatic rings. The molecule has 2 unspecified atom stereocenters. The van der Waals surface area contributed by atoms with Gasteiger partial charge in [-0.15, -0.1) is 0 Å². The number of halogens is 1. The molecule has 0 aromatic heterocycles. The summed E-state index contributed by atoms with van der Waals surface area (Å²) < 4.78 is 24.7. The number of methoxy groups -OCH3 is 1. The standard InChI is InChI=1S/C15H22FNO2/c1-11(17-10-15(2)7-4-8-19-15)13-6-5-12(18-3)9-14(13)16/h5-6,9,11,17H,4,7-8,10H2,1-3H3. The highest BCUT2D eigenvalue weighted by Gasteiger charge is 2.30. The van der Waals surface area contributed by atoms with Crippen molar-refractivity contribution in [1.29, 1.82) is 0 Å². The first kappa shape index (κ1) is 14.3. The van der Waals surface area contributed by atoms with E-state index in [1.54, 1.807) is 12.1 Å². The monoisotopic (exact) mass is 267 g/mol. The Hall–Kier alpha value is -1.13. The number of nitrogens with one attached hydrogen (secondary N) is 1. The van der Waals surface area contributed by atoms with Crippen LogP contribution in [0.3, 0.4) is 0 Å². The lowest BCUT2D eigenvalue weighted by Crippen LogP contribution is -2.38. The van der Waals surface area contributed by atoms with Gasteiger partial charge in [-0.2, -0.15) is 0 Å². The van der Waals surface area contributed by atoms with E-state index >= 15 is 0 Å². The Morgan fingerprint density at radius 3 is 2.89 bits per heavy atom. The van der Waals surface area contributed by atoms with Crippen molar-refractivity contribution in [2.45, 2.75) is 38.3 Å². The highest BCUT2D eigenvalue weighted by atomic mass is 19.1. The van der Waals surface area contributed by atoms with E-state index in [2.05, 4.69) is 12.2 Å². The molecule has 19 heavy (non-hydrogen) atoms. The van der Waals surface area contributed by atoms with Crippen molar-refractivity contribution in [3.8, 4) is 5.75 Å². The molecule has 0 saturated carbocycles. The predicted octanol–water partition coefficient (Wildman–Crippen LogP) is 3.05. The van der Waals surface area contributed by atoms with Gasteiger partial charge in [0.05, 0.1) is 12.7 Å². The van der Waals surface area contributed by atoms with E-state index in [9.17, 15) is 4.39 Å². The van der Waals surface area contributed by atoms with E-state index in [1.165, 1.54) is 13.2 Å². The van der Waals surface area contributed by atoms with Crippen LogP contribution in [0.1, 0.15) is 38.3 Å². The Labute approximate surface area is 114 Å². The Kier molecular flexibility index (Phi) is 4.42. The van der Waals surface area contributed by atoms with Gasteiger partial charge in [0.25, 0.3) is 0 Å². The molecule has 1 N–H and O–H groups in total. The zero-order valence-electron chi connectivity index (χ0n) is 11.8. The Balaban J connectivity index is 1.97. The fraction of sp³-hybridized carbons (Fsp3) is 0.600.